The van der Waals surface area contributed by atoms with Gasteiger partial charge in [0.2, 0.25) is 0 Å². The summed E-state index contributed by atoms with van der Waals surface area (Å²) in [6, 6.07) is 4.38. The van der Waals surface area contributed by atoms with E-state index in [2.05, 4.69) is 10.1 Å². The Bertz CT molecular complexity index is 445. The van der Waals surface area contributed by atoms with E-state index in [4.69, 9.17) is 4.74 Å². The molecule has 1 aliphatic rings. The van der Waals surface area contributed by atoms with Crippen LogP contribution >= 0.6 is 0 Å². The van der Waals surface area contributed by atoms with Crippen LogP contribution in [0.15, 0.2) is 24.5 Å². The fraction of sp³-hybridized carbons (Fsp3) is 0.400. The van der Waals surface area contributed by atoms with Gasteiger partial charge in [-0.05, 0) is 18.6 Å². The second kappa shape index (κ2) is 3.06. The van der Waals surface area contributed by atoms with Gasteiger partial charge in [0.15, 0.2) is 0 Å². The number of hydrogen-bond acceptors (Lipinski definition) is 3. The lowest BCUT2D eigenvalue weighted by Crippen LogP contribution is -2.09. The Hall–Kier alpha value is -1.42. The lowest BCUT2D eigenvalue weighted by atomic mass is 10.2. The summed E-state index contributed by atoms with van der Waals surface area (Å²) >= 11 is 0. The van der Waals surface area contributed by atoms with E-state index in [0.29, 0.717) is 6.04 Å². The lowest BCUT2D eigenvalue weighted by Gasteiger charge is -2.08. The molecule has 14 heavy (non-hydrogen) atoms. The van der Waals surface area contributed by atoms with Gasteiger partial charge in [-0.2, -0.15) is 5.10 Å². The summed E-state index contributed by atoms with van der Waals surface area (Å²) in [5.41, 5.74) is 2.06. The van der Waals surface area contributed by atoms with Gasteiger partial charge < -0.3 is 4.74 Å². The monoisotopic (exact) mass is 189 g/mol. The number of aromatic nitrogens is 3. The quantitative estimate of drug-likeness (QED) is 0.680. The van der Waals surface area contributed by atoms with Crippen LogP contribution in [0.25, 0.3) is 11.0 Å². The van der Waals surface area contributed by atoms with Gasteiger partial charge in [0.05, 0.1) is 24.4 Å². The third kappa shape index (κ3) is 1.11. The van der Waals surface area contributed by atoms with Crippen molar-refractivity contribution in [1.29, 1.82) is 0 Å². The SMILES string of the molecule is c1cnc2cnn(C3CCOC3)c2c1. The predicted molar refractivity (Wildman–Crippen MR) is 52.0 cm³/mol. The largest absolute Gasteiger partial charge is 0.379 e. The van der Waals surface area contributed by atoms with E-state index >= 15 is 0 Å². The van der Waals surface area contributed by atoms with Crippen molar-refractivity contribution in [3.8, 4) is 0 Å². The highest BCUT2D eigenvalue weighted by molar-refractivity contribution is 5.73. The fourth-order valence-corrected chi connectivity index (χ4v) is 1.89. The van der Waals surface area contributed by atoms with Crippen molar-refractivity contribution < 1.29 is 4.74 Å². The summed E-state index contributed by atoms with van der Waals surface area (Å²) in [4.78, 5) is 4.25. The molecule has 1 atom stereocenters. The minimum atomic E-state index is 0.386. The molecule has 2 aromatic rings. The highest BCUT2D eigenvalue weighted by Crippen LogP contribution is 2.22. The molecule has 4 nitrogen and oxygen atoms in total. The molecule has 3 heterocycles. The molecule has 0 aromatic carbocycles. The van der Waals surface area contributed by atoms with E-state index in [-0.39, 0.29) is 0 Å². The van der Waals surface area contributed by atoms with Crippen LogP contribution < -0.4 is 0 Å². The predicted octanol–water partition coefficient (Wildman–Crippen LogP) is 1.39. The normalized spacial score (nSPS) is 21.9. The van der Waals surface area contributed by atoms with Crippen LogP contribution in [0, 0.1) is 0 Å². The van der Waals surface area contributed by atoms with E-state index in [1.165, 1.54) is 0 Å². The van der Waals surface area contributed by atoms with Crippen LogP contribution in [-0.4, -0.2) is 28.0 Å². The fourth-order valence-electron chi connectivity index (χ4n) is 1.89. The molecule has 0 radical (unpaired) electrons. The molecule has 4 heteroatoms. The van der Waals surface area contributed by atoms with Crippen molar-refractivity contribution in [2.45, 2.75) is 12.5 Å². The molecule has 72 valence electrons. The molecule has 1 unspecified atom stereocenters. The summed E-state index contributed by atoms with van der Waals surface area (Å²) in [7, 11) is 0. The summed E-state index contributed by atoms with van der Waals surface area (Å²) in [6.07, 6.45) is 4.65. The molecule has 0 amide bonds. The van der Waals surface area contributed by atoms with Gasteiger partial charge in [0.25, 0.3) is 0 Å². The summed E-state index contributed by atoms with van der Waals surface area (Å²) in [5, 5.41) is 4.35. The topological polar surface area (TPSA) is 39.9 Å². The third-order valence-electron chi connectivity index (χ3n) is 2.62. The highest BCUT2D eigenvalue weighted by atomic mass is 16.5. The van der Waals surface area contributed by atoms with E-state index < -0.39 is 0 Å². The van der Waals surface area contributed by atoms with Crippen LogP contribution in [0.1, 0.15) is 12.5 Å². The van der Waals surface area contributed by atoms with Crippen LogP contribution in [0.4, 0.5) is 0 Å². The Labute approximate surface area is 81.5 Å². The number of nitrogens with zero attached hydrogens (tertiary/aromatic N) is 3. The first-order valence-electron chi connectivity index (χ1n) is 4.81. The third-order valence-corrected chi connectivity index (χ3v) is 2.62. The zero-order valence-corrected chi connectivity index (χ0v) is 7.76. The van der Waals surface area contributed by atoms with Crippen molar-refractivity contribution in [1.82, 2.24) is 14.8 Å². The maximum absolute atomic E-state index is 5.35. The van der Waals surface area contributed by atoms with Crippen molar-refractivity contribution in [2.75, 3.05) is 13.2 Å². The molecule has 0 N–H and O–H groups in total. The number of hydrogen-bond donors (Lipinski definition) is 0. The highest BCUT2D eigenvalue weighted by Gasteiger charge is 2.19. The Kier molecular flexibility index (Phi) is 1.73. The van der Waals surface area contributed by atoms with Gasteiger partial charge in [-0.3, -0.25) is 9.67 Å². The average molecular weight is 189 g/mol. The molecule has 3 rings (SSSR count). The van der Waals surface area contributed by atoms with Crippen molar-refractivity contribution in [3.63, 3.8) is 0 Å². The molecule has 1 saturated heterocycles. The molecular formula is C10H11N3O. The second-order valence-corrected chi connectivity index (χ2v) is 3.51. The Morgan fingerprint density at radius 2 is 2.50 bits per heavy atom. The van der Waals surface area contributed by atoms with E-state index in [0.717, 1.165) is 30.7 Å². The molecule has 0 spiro atoms. The minimum absolute atomic E-state index is 0.386. The van der Waals surface area contributed by atoms with Crippen LogP contribution in [-0.2, 0) is 4.74 Å². The van der Waals surface area contributed by atoms with Crippen molar-refractivity contribution in [3.05, 3.63) is 24.5 Å². The Balaban J connectivity index is 2.11. The Morgan fingerprint density at radius 1 is 1.50 bits per heavy atom. The second-order valence-electron chi connectivity index (χ2n) is 3.51. The number of fused-ring (bicyclic) bond motifs is 1. The maximum Gasteiger partial charge on any atom is 0.108 e. The van der Waals surface area contributed by atoms with Gasteiger partial charge >= 0.3 is 0 Å². The molecule has 1 fully saturated rings. The maximum atomic E-state index is 5.35. The van der Waals surface area contributed by atoms with Crippen molar-refractivity contribution >= 4 is 11.0 Å². The summed E-state index contributed by atoms with van der Waals surface area (Å²) in [5.74, 6) is 0. The molecule has 0 saturated carbocycles. The van der Waals surface area contributed by atoms with Crippen LogP contribution in [0.2, 0.25) is 0 Å². The zero-order valence-electron chi connectivity index (χ0n) is 7.76. The van der Waals surface area contributed by atoms with Crippen LogP contribution in [0.3, 0.4) is 0 Å². The molecule has 1 aliphatic heterocycles. The number of ether oxygens (including phenoxy) is 1. The van der Waals surface area contributed by atoms with E-state index in [9.17, 15) is 0 Å². The average Bonchev–Trinajstić information content (AvgIpc) is 2.85. The first-order chi connectivity index (χ1) is 6.95. The van der Waals surface area contributed by atoms with E-state index in [1.807, 2.05) is 23.0 Å². The first kappa shape index (κ1) is 7.94. The van der Waals surface area contributed by atoms with Crippen molar-refractivity contribution in [2.24, 2.45) is 0 Å². The van der Waals surface area contributed by atoms with Gasteiger partial charge in [-0.1, -0.05) is 0 Å². The number of pyridine rings is 1. The number of rotatable bonds is 1. The van der Waals surface area contributed by atoms with Gasteiger partial charge in [-0.25, -0.2) is 0 Å². The van der Waals surface area contributed by atoms with Gasteiger partial charge in [0.1, 0.15) is 5.52 Å². The molecular weight excluding hydrogens is 178 g/mol. The summed E-state index contributed by atoms with van der Waals surface area (Å²) in [6.45, 7) is 1.61. The van der Waals surface area contributed by atoms with Crippen LogP contribution in [0.5, 0.6) is 0 Å². The van der Waals surface area contributed by atoms with E-state index in [1.54, 1.807) is 6.20 Å². The van der Waals surface area contributed by atoms with Gasteiger partial charge in [-0.15, -0.1) is 0 Å². The van der Waals surface area contributed by atoms with Gasteiger partial charge in [0, 0.05) is 12.8 Å². The minimum Gasteiger partial charge on any atom is -0.379 e. The standard InChI is InChI=1S/C10H11N3O/c1-2-10-9(11-4-1)6-12-13(10)8-3-5-14-7-8/h1-2,4,6,8H,3,5,7H2. The summed E-state index contributed by atoms with van der Waals surface area (Å²) < 4.78 is 7.37. The molecule has 0 aliphatic carbocycles. The molecule has 2 aromatic heterocycles. The zero-order chi connectivity index (χ0) is 9.38. The Morgan fingerprint density at radius 3 is 3.36 bits per heavy atom. The first-order valence-corrected chi connectivity index (χ1v) is 4.81. The lowest BCUT2D eigenvalue weighted by molar-refractivity contribution is 0.185. The smallest absolute Gasteiger partial charge is 0.108 e. The molecule has 0 bridgehead atoms.